The van der Waals surface area contributed by atoms with E-state index in [2.05, 4.69) is 167 Å². The summed E-state index contributed by atoms with van der Waals surface area (Å²) in [5.74, 6) is 0. The Kier molecular flexibility index (Phi) is 5.09. The molecule has 9 aromatic rings. The molecule has 0 saturated carbocycles. The highest BCUT2D eigenvalue weighted by Crippen LogP contribution is 2.43. The molecule has 0 saturated heterocycles. The Morgan fingerprint density at radius 2 is 0.956 bits per heavy atom. The van der Waals surface area contributed by atoms with E-state index in [1.165, 1.54) is 88.4 Å². The Hall–Kier alpha value is -5.86. The number of para-hydroxylation sites is 3. The van der Waals surface area contributed by atoms with Gasteiger partial charge in [0.25, 0.3) is 0 Å². The first-order chi connectivity index (χ1) is 22.3. The van der Waals surface area contributed by atoms with Gasteiger partial charge in [0.2, 0.25) is 0 Å². The van der Waals surface area contributed by atoms with Crippen LogP contribution >= 0.6 is 0 Å². The van der Waals surface area contributed by atoms with Crippen molar-refractivity contribution in [1.29, 1.82) is 0 Å². The molecule has 0 atom stereocenters. The Labute approximate surface area is 261 Å². The topological polar surface area (TPSA) is 9.86 Å². The summed E-state index contributed by atoms with van der Waals surface area (Å²) in [4.78, 5) is 0. The van der Waals surface area contributed by atoms with Crippen molar-refractivity contribution in [3.63, 3.8) is 0 Å². The molecule has 1 aliphatic carbocycles. The molecular formula is C43H28N2. The van der Waals surface area contributed by atoms with Gasteiger partial charge in [-0.25, -0.2) is 0 Å². The Balaban J connectivity index is 1.19. The Bertz CT molecular complexity index is 2580. The van der Waals surface area contributed by atoms with Crippen molar-refractivity contribution < 1.29 is 0 Å². The normalized spacial score (nSPS) is 12.4. The van der Waals surface area contributed by atoms with Crippen molar-refractivity contribution in [2.45, 2.75) is 6.42 Å². The Morgan fingerprint density at radius 1 is 0.378 bits per heavy atom. The molecule has 0 aliphatic heterocycles. The van der Waals surface area contributed by atoms with E-state index in [4.69, 9.17) is 0 Å². The number of aromatic nitrogens is 2. The summed E-state index contributed by atoms with van der Waals surface area (Å²) >= 11 is 0. The SMILES string of the molecule is c1cc(-c2ccc3c4ccccc4n(-c4cccc5c4Cc4ccccc4-5)c3c2)cc(-n2c3ccccc3c3ccccc32)c1. The van der Waals surface area contributed by atoms with Crippen molar-refractivity contribution in [1.82, 2.24) is 9.13 Å². The van der Waals surface area contributed by atoms with Crippen LogP contribution in [0.15, 0.2) is 158 Å². The van der Waals surface area contributed by atoms with Gasteiger partial charge in [0.05, 0.1) is 27.8 Å². The van der Waals surface area contributed by atoms with Crippen LogP contribution in [0.25, 0.3) is 77.2 Å². The lowest BCUT2D eigenvalue weighted by Gasteiger charge is -2.14. The smallest absolute Gasteiger partial charge is 0.0547 e. The van der Waals surface area contributed by atoms with Crippen LogP contribution in [0.5, 0.6) is 0 Å². The van der Waals surface area contributed by atoms with Crippen LogP contribution in [0, 0.1) is 0 Å². The molecule has 2 heterocycles. The molecule has 2 aromatic heterocycles. The van der Waals surface area contributed by atoms with Crippen LogP contribution < -0.4 is 0 Å². The lowest BCUT2D eigenvalue weighted by Crippen LogP contribution is -1.99. The van der Waals surface area contributed by atoms with E-state index in [9.17, 15) is 0 Å². The predicted octanol–water partition coefficient (Wildman–Crippen LogP) is 11.1. The molecule has 1 aliphatic rings. The molecule has 210 valence electrons. The van der Waals surface area contributed by atoms with Gasteiger partial charge in [0.1, 0.15) is 0 Å². The fourth-order valence-electron chi connectivity index (χ4n) is 7.78. The standard InChI is InChI=1S/C43H28N2/c1-2-14-32-30(11-1)26-38-33(32)18-10-22-42(38)45-41-21-8-5-17-36(41)37-24-23-29(27-43(37)45)28-12-9-13-31(25-28)44-39-19-6-3-15-34(39)35-16-4-7-20-40(35)44/h1-25,27H,26H2. The highest BCUT2D eigenvalue weighted by molar-refractivity contribution is 6.11. The van der Waals surface area contributed by atoms with E-state index >= 15 is 0 Å². The van der Waals surface area contributed by atoms with Gasteiger partial charge in [0.15, 0.2) is 0 Å². The van der Waals surface area contributed by atoms with Crippen molar-refractivity contribution in [3.8, 4) is 33.6 Å². The van der Waals surface area contributed by atoms with Gasteiger partial charge in [-0.3, -0.25) is 0 Å². The minimum absolute atomic E-state index is 0.955. The van der Waals surface area contributed by atoms with Crippen LogP contribution in [-0.2, 0) is 6.42 Å². The number of nitrogens with zero attached hydrogens (tertiary/aromatic N) is 2. The van der Waals surface area contributed by atoms with E-state index < -0.39 is 0 Å². The fourth-order valence-corrected chi connectivity index (χ4v) is 7.78. The summed E-state index contributed by atoms with van der Waals surface area (Å²) in [7, 11) is 0. The van der Waals surface area contributed by atoms with Crippen molar-refractivity contribution in [2.24, 2.45) is 0 Å². The zero-order valence-electron chi connectivity index (χ0n) is 24.6. The van der Waals surface area contributed by atoms with Gasteiger partial charge in [0, 0.05) is 33.7 Å². The molecular weight excluding hydrogens is 544 g/mol. The molecule has 0 fully saturated rings. The lowest BCUT2D eigenvalue weighted by atomic mass is 10.0. The molecule has 0 amide bonds. The molecule has 7 aromatic carbocycles. The summed E-state index contributed by atoms with van der Waals surface area (Å²) in [6.07, 6.45) is 0.955. The van der Waals surface area contributed by atoms with Crippen molar-refractivity contribution in [3.05, 3.63) is 169 Å². The zero-order chi connectivity index (χ0) is 29.5. The van der Waals surface area contributed by atoms with Crippen molar-refractivity contribution >= 4 is 43.6 Å². The maximum atomic E-state index is 2.50. The third kappa shape index (κ3) is 3.51. The number of hydrogen-bond donors (Lipinski definition) is 0. The zero-order valence-corrected chi connectivity index (χ0v) is 24.6. The van der Waals surface area contributed by atoms with Gasteiger partial charge >= 0.3 is 0 Å². The van der Waals surface area contributed by atoms with Crippen LogP contribution in [0.4, 0.5) is 0 Å². The first kappa shape index (κ1) is 24.6. The van der Waals surface area contributed by atoms with Gasteiger partial charge in [-0.1, -0.05) is 115 Å². The van der Waals surface area contributed by atoms with Gasteiger partial charge in [-0.05, 0) is 75.8 Å². The van der Waals surface area contributed by atoms with E-state index in [0.717, 1.165) is 6.42 Å². The highest BCUT2D eigenvalue weighted by atomic mass is 15.0. The average molecular weight is 573 g/mol. The second-order valence-electron chi connectivity index (χ2n) is 12.1. The summed E-state index contributed by atoms with van der Waals surface area (Å²) in [6.45, 7) is 0. The summed E-state index contributed by atoms with van der Waals surface area (Å²) in [5.41, 5.74) is 15.3. The molecule has 0 radical (unpaired) electrons. The highest BCUT2D eigenvalue weighted by Gasteiger charge is 2.23. The summed E-state index contributed by atoms with van der Waals surface area (Å²) in [6, 6.07) is 57.9. The predicted molar refractivity (Wildman–Crippen MR) is 189 cm³/mol. The van der Waals surface area contributed by atoms with Gasteiger partial charge in [-0.2, -0.15) is 0 Å². The summed E-state index contributed by atoms with van der Waals surface area (Å²) in [5, 5.41) is 5.12. The molecule has 0 N–H and O–H groups in total. The second-order valence-corrected chi connectivity index (χ2v) is 12.1. The van der Waals surface area contributed by atoms with E-state index in [1.54, 1.807) is 0 Å². The molecule has 10 rings (SSSR count). The third-order valence-corrected chi connectivity index (χ3v) is 9.76. The first-order valence-corrected chi connectivity index (χ1v) is 15.7. The Morgan fingerprint density at radius 3 is 1.71 bits per heavy atom. The number of benzene rings is 7. The van der Waals surface area contributed by atoms with Crippen LogP contribution in [0.3, 0.4) is 0 Å². The molecule has 2 nitrogen and oxygen atoms in total. The van der Waals surface area contributed by atoms with Crippen molar-refractivity contribution in [2.75, 3.05) is 0 Å². The van der Waals surface area contributed by atoms with Crippen LogP contribution in [-0.4, -0.2) is 9.13 Å². The number of fused-ring (bicyclic) bond motifs is 9. The average Bonchev–Trinajstić information content (AvgIpc) is 3.76. The quantitative estimate of drug-likeness (QED) is 0.199. The van der Waals surface area contributed by atoms with E-state index in [1.807, 2.05) is 0 Å². The van der Waals surface area contributed by atoms with E-state index in [0.29, 0.717) is 0 Å². The minimum atomic E-state index is 0.955. The molecule has 0 spiro atoms. The fraction of sp³-hybridized carbons (Fsp3) is 0.0233. The second kappa shape index (κ2) is 9.32. The maximum absolute atomic E-state index is 2.50. The van der Waals surface area contributed by atoms with Crippen LogP contribution in [0.2, 0.25) is 0 Å². The number of rotatable bonds is 3. The molecule has 2 heteroatoms. The largest absolute Gasteiger partial charge is 0.309 e. The maximum Gasteiger partial charge on any atom is 0.0547 e. The summed E-state index contributed by atoms with van der Waals surface area (Å²) < 4.78 is 4.89. The molecule has 0 bridgehead atoms. The minimum Gasteiger partial charge on any atom is -0.309 e. The van der Waals surface area contributed by atoms with Gasteiger partial charge in [-0.15, -0.1) is 0 Å². The first-order valence-electron chi connectivity index (χ1n) is 15.7. The van der Waals surface area contributed by atoms with E-state index in [-0.39, 0.29) is 0 Å². The van der Waals surface area contributed by atoms with Crippen LogP contribution in [0.1, 0.15) is 11.1 Å². The molecule has 45 heavy (non-hydrogen) atoms. The third-order valence-electron chi connectivity index (χ3n) is 9.76. The molecule has 0 unspecified atom stereocenters. The lowest BCUT2D eigenvalue weighted by molar-refractivity contribution is 1.12. The monoisotopic (exact) mass is 572 g/mol. The number of hydrogen-bond acceptors (Lipinski definition) is 0. The van der Waals surface area contributed by atoms with Gasteiger partial charge < -0.3 is 9.13 Å².